The summed E-state index contributed by atoms with van der Waals surface area (Å²) in [6, 6.07) is 8.91. The second-order valence-electron chi connectivity index (χ2n) is 13.8. The van der Waals surface area contributed by atoms with Crippen LogP contribution in [0.25, 0.3) is 22.2 Å². The molecule has 4 atom stereocenters. The van der Waals surface area contributed by atoms with Crippen molar-refractivity contribution in [3.05, 3.63) is 68.7 Å². The Labute approximate surface area is 291 Å². The number of fused-ring (bicyclic) bond motifs is 8. The molecular weight excluding hydrogens is 665 g/mol. The van der Waals surface area contributed by atoms with Gasteiger partial charge in [-0.15, -0.1) is 0 Å². The minimum Gasteiger partial charge on any atom is -0.507 e. The van der Waals surface area contributed by atoms with Crippen LogP contribution in [0.3, 0.4) is 0 Å². The van der Waals surface area contributed by atoms with Gasteiger partial charge in [0.15, 0.2) is 11.0 Å². The van der Waals surface area contributed by atoms with Gasteiger partial charge in [-0.05, 0) is 63.3 Å². The van der Waals surface area contributed by atoms with Gasteiger partial charge < -0.3 is 35.2 Å². The van der Waals surface area contributed by atoms with E-state index in [1.807, 2.05) is 19.1 Å². The van der Waals surface area contributed by atoms with Crippen molar-refractivity contribution < 1.29 is 28.5 Å². The highest BCUT2D eigenvalue weighted by molar-refractivity contribution is 8.76. The summed E-state index contributed by atoms with van der Waals surface area (Å²) in [5.41, 5.74) is 15.5. The zero-order valence-electron chi connectivity index (χ0n) is 28.1. The highest BCUT2D eigenvalue weighted by Gasteiger charge is 2.60. The maximum absolute atomic E-state index is 13.8. The molecule has 0 amide bonds. The number of phenols is 1. The Kier molecular flexibility index (Phi) is 8.51. The lowest BCUT2D eigenvalue weighted by Crippen LogP contribution is -2.52. The van der Waals surface area contributed by atoms with Gasteiger partial charge in [0.1, 0.15) is 51.6 Å². The molecule has 13 heteroatoms. The lowest BCUT2D eigenvalue weighted by atomic mass is 9.86. The van der Waals surface area contributed by atoms with E-state index < -0.39 is 23.3 Å². The third-order valence-electron chi connectivity index (χ3n) is 9.81. The molecule has 5 N–H and O–H groups in total. The SMILES string of the molecule is Cc1cc(=O)c2c(O)c3c(cc2o1)O[C@@]1(C)CCSSCc2c(cc(C(C)C)nc2N)-c2cc(cc(N)n2)CC[C@H]2O[C@]2(C)C(=O)O[C@@H]1C3. The van der Waals surface area contributed by atoms with E-state index in [0.29, 0.717) is 59.5 Å². The van der Waals surface area contributed by atoms with Crippen molar-refractivity contribution in [2.75, 3.05) is 17.2 Å². The molecule has 0 unspecified atom stereocenters. The molecule has 1 saturated heterocycles. The first-order valence-corrected chi connectivity index (χ1v) is 18.9. The summed E-state index contributed by atoms with van der Waals surface area (Å²) in [7, 11) is 3.28. The molecule has 2 bridgehead atoms. The number of carbonyl (C=O) groups excluding carboxylic acids is 1. The second kappa shape index (κ2) is 12.4. The van der Waals surface area contributed by atoms with E-state index in [-0.39, 0.29) is 40.6 Å². The second-order valence-corrected chi connectivity index (χ2v) is 16.4. The molecule has 0 spiro atoms. The minimum atomic E-state index is -1.14. The van der Waals surface area contributed by atoms with Crippen LogP contribution in [0.2, 0.25) is 0 Å². The molecule has 1 aromatic carbocycles. The highest BCUT2D eigenvalue weighted by Crippen LogP contribution is 2.47. The Bertz CT molecular complexity index is 2050. The normalized spacial score (nSPS) is 25.6. The molecule has 3 aliphatic rings. The van der Waals surface area contributed by atoms with Crippen LogP contribution in [0.15, 0.2) is 39.5 Å². The number of epoxide rings is 1. The number of nitrogen functional groups attached to an aromatic ring is 2. The van der Waals surface area contributed by atoms with Crippen LogP contribution in [-0.4, -0.2) is 50.2 Å². The molecule has 0 radical (unpaired) electrons. The van der Waals surface area contributed by atoms with Gasteiger partial charge in [-0.1, -0.05) is 35.4 Å². The zero-order chi connectivity index (χ0) is 34.8. The summed E-state index contributed by atoms with van der Waals surface area (Å²) in [5, 5.41) is 11.4. The van der Waals surface area contributed by atoms with Crippen molar-refractivity contribution in [2.24, 2.45) is 0 Å². The average molecular weight is 705 g/mol. The molecule has 0 saturated carbocycles. The first-order valence-electron chi connectivity index (χ1n) is 16.4. The van der Waals surface area contributed by atoms with Crippen molar-refractivity contribution in [2.45, 2.75) is 95.4 Å². The standard InChI is InChI=1S/C36H40N4O7S2/c1-17(2)23-13-20-22(33(38)40-23)16-49-48-9-8-35(4)29(14-21-26(46-35)15-27-31(32(21)42)25(41)10-18(3)44-27)45-34(43)36(5)28(47-36)7-6-19-11-24(20)39-30(37)12-19/h10-13,15,17,28-29,42H,6-9,14,16H2,1-5H3,(H2,37,39)(H2,38,40)/t28-,29-,35+,36+/m1/s1. The fourth-order valence-electron chi connectivity index (χ4n) is 6.73. The molecule has 4 aromatic rings. The number of hydrogen-bond acceptors (Lipinski definition) is 13. The number of aromatic nitrogens is 2. The fourth-order valence-corrected chi connectivity index (χ4v) is 9.05. The smallest absolute Gasteiger partial charge is 0.341 e. The van der Waals surface area contributed by atoms with E-state index in [9.17, 15) is 14.7 Å². The first kappa shape index (κ1) is 33.6. The van der Waals surface area contributed by atoms with E-state index in [1.54, 1.807) is 41.5 Å². The van der Waals surface area contributed by atoms with Gasteiger partial charge in [0.25, 0.3) is 0 Å². The van der Waals surface area contributed by atoms with Crippen LogP contribution in [-0.2, 0) is 32.9 Å². The summed E-state index contributed by atoms with van der Waals surface area (Å²) in [6.07, 6.45) is 0.692. The van der Waals surface area contributed by atoms with Gasteiger partial charge in [-0.25, -0.2) is 14.8 Å². The number of aromatic hydroxyl groups is 1. The average Bonchev–Trinajstić information content (AvgIpc) is 3.70. The molecule has 258 valence electrons. The Hall–Kier alpha value is -3.94. The molecule has 1 fully saturated rings. The summed E-state index contributed by atoms with van der Waals surface area (Å²) >= 11 is 0. The third-order valence-corrected chi connectivity index (χ3v) is 12.1. The molecule has 0 aliphatic carbocycles. The van der Waals surface area contributed by atoms with Crippen LogP contribution >= 0.6 is 21.6 Å². The summed E-state index contributed by atoms with van der Waals surface area (Å²) in [6.45, 7) is 9.49. The van der Waals surface area contributed by atoms with Crippen LogP contribution in [0.4, 0.5) is 11.6 Å². The summed E-state index contributed by atoms with van der Waals surface area (Å²) in [4.78, 5) is 36.0. The van der Waals surface area contributed by atoms with Gasteiger partial charge in [0, 0.05) is 58.9 Å². The lowest BCUT2D eigenvalue weighted by Gasteiger charge is -2.42. The number of esters is 1. The maximum Gasteiger partial charge on any atom is 0.341 e. The Morgan fingerprint density at radius 1 is 1.02 bits per heavy atom. The van der Waals surface area contributed by atoms with E-state index in [1.165, 1.54) is 6.07 Å². The quantitative estimate of drug-likeness (QED) is 0.116. The molecule has 11 nitrogen and oxygen atoms in total. The van der Waals surface area contributed by atoms with Gasteiger partial charge >= 0.3 is 5.97 Å². The third kappa shape index (κ3) is 6.21. The number of rotatable bonds is 1. The summed E-state index contributed by atoms with van der Waals surface area (Å²) in [5.74, 6) is 2.35. The molecule has 49 heavy (non-hydrogen) atoms. The Morgan fingerprint density at radius 2 is 1.82 bits per heavy atom. The van der Waals surface area contributed by atoms with Crippen LogP contribution in [0, 0.1) is 6.92 Å². The molecule has 3 aromatic heterocycles. The van der Waals surface area contributed by atoms with Gasteiger partial charge in [-0.2, -0.15) is 0 Å². The molecule has 3 aliphatic heterocycles. The van der Waals surface area contributed by atoms with Crippen molar-refractivity contribution in [3.8, 4) is 22.8 Å². The minimum absolute atomic E-state index is 0.0713. The van der Waals surface area contributed by atoms with E-state index >= 15 is 0 Å². The molecule has 6 heterocycles. The Morgan fingerprint density at radius 3 is 2.59 bits per heavy atom. The van der Waals surface area contributed by atoms with Crippen LogP contribution < -0.4 is 21.6 Å². The predicted octanol–water partition coefficient (Wildman–Crippen LogP) is 6.23. The number of phenolic OH excluding ortho intramolecular Hbond substituents is 1. The number of anilines is 2. The first-order chi connectivity index (χ1) is 23.3. The largest absolute Gasteiger partial charge is 0.507 e. The number of aryl methyl sites for hydroxylation is 2. The van der Waals surface area contributed by atoms with Crippen LogP contribution in [0.1, 0.15) is 74.6 Å². The number of ether oxygens (including phenoxy) is 3. The van der Waals surface area contributed by atoms with Crippen LogP contribution in [0.5, 0.6) is 11.5 Å². The van der Waals surface area contributed by atoms with Crippen molar-refractivity contribution in [1.29, 1.82) is 0 Å². The van der Waals surface area contributed by atoms with E-state index in [4.69, 9.17) is 40.1 Å². The van der Waals surface area contributed by atoms with Gasteiger partial charge in [0.2, 0.25) is 0 Å². The van der Waals surface area contributed by atoms with E-state index in [2.05, 4.69) is 19.9 Å². The zero-order valence-corrected chi connectivity index (χ0v) is 29.8. The highest BCUT2D eigenvalue weighted by atomic mass is 33.1. The van der Waals surface area contributed by atoms with Crippen molar-refractivity contribution in [1.82, 2.24) is 9.97 Å². The van der Waals surface area contributed by atoms with Crippen molar-refractivity contribution >= 4 is 50.2 Å². The molecule has 7 rings (SSSR count). The summed E-state index contributed by atoms with van der Waals surface area (Å²) < 4.78 is 24.6. The van der Waals surface area contributed by atoms with Gasteiger partial charge in [0.05, 0.1) is 11.8 Å². The Balaban J connectivity index is 1.24. The predicted molar refractivity (Wildman–Crippen MR) is 192 cm³/mol. The number of nitrogens with two attached hydrogens (primary N) is 2. The monoisotopic (exact) mass is 704 g/mol. The van der Waals surface area contributed by atoms with Gasteiger partial charge in [-0.3, -0.25) is 4.79 Å². The molecular formula is C36H40N4O7S2. The topological polar surface area (TPSA) is 176 Å². The number of nitrogens with zero attached hydrogens (tertiary/aromatic N) is 2. The number of benzene rings is 1. The fraction of sp³-hybridized carbons (Fsp3) is 0.444. The number of hydrogen-bond donors (Lipinski definition) is 3. The van der Waals surface area contributed by atoms with E-state index in [0.717, 1.165) is 28.1 Å². The maximum atomic E-state index is 13.8. The number of carbonyl (C=O) groups is 1. The number of pyridine rings is 2. The van der Waals surface area contributed by atoms with Crippen molar-refractivity contribution in [3.63, 3.8) is 0 Å². The lowest BCUT2D eigenvalue weighted by molar-refractivity contribution is -0.168.